The molecular formula is C10H9ClN2O. The third-order valence-electron chi connectivity index (χ3n) is 2.19. The second kappa shape index (κ2) is 3.87. The summed E-state index contributed by atoms with van der Waals surface area (Å²) in [5.41, 5.74) is 1.52. The Morgan fingerprint density at radius 1 is 1.50 bits per heavy atom. The van der Waals surface area contributed by atoms with Crippen LogP contribution < -0.4 is 4.90 Å². The van der Waals surface area contributed by atoms with Gasteiger partial charge in [-0.15, -0.1) is 0 Å². The minimum atomic E-state index is 0.497. The second-order valence-electron chi connectivity index (χ2n) is 3.08. The summed E-state index contributed by atoms with van der Waals surface area (Å²) in [5, 5.41) is 9.20. The standard InChI is InChI=1S/C10H9ClN2O/c11-10-5-9(2-1-8(10)6-12)13-3-4-14-7-13/h1-2,5H,3-4,7H2. The minimum Gasteiger partial charge on any atom is -0.359 e. The molecule has 1 saturated heterocycles. The summed E-state index contributed by atoms with van der Waals surface area (Å²) < 4.78 is 5.23. The van der Waals surface area contributed by atoms with Crippen LogP contribution in [-0.2, 0) is 4.74 Å². The molecule has 1 aliphatic heterocycles. The summed E-state index contributed by atoms with van der Waals surface area (Å²) in [6, 6.07) is 7.45. The lowest BCUT2D eigenvalue weighted by atomic mass is 10.2. The van der Waals surface area contributed by atoms with Crippen molar-refractivity contribution in [2.45, 2.75) is 0 Å². The molecule has 0 radical (unpaired) electrons. The van der Waals surface area contributed by atoms with E-state index in [1.54, 1.807) is 12.1 Å². The van der Waals surface area contributed by atoms with Crippen molar-refractivity contribution in [3.8, 4) is 6.07 Å². The Labute approximate surface area is 87.5 Å². The van der Waals surface area contributed by atoms with Gasteiger partial charge in [-0.05, 0) is 18.2 Å². The summed E-state index contributed by atoms with van der Waals surface area (Å²) in [6.07, 6.45) is 0. The van der Waals surface area contributed by atoms with E-state index < -0.39 is 0 Å². The van der Waals surface area contributed by atoms with Gasteiger partial charge in [0.25, 0.3) is 0 Å². The number of benzene rings is 1. The third kappa shape index (κ3) is 1.67. The Morgan fingerprint density at radius 2 is 2.36 bits per heavy atom. The van der Waals surface area contributed by atoms with E-state index in [9.17, 15) is 0 Å². The van der Waals surface area contributed by atoms with E-state index in [4.69, 9.17) is 21.6 Å². The summed E-state index contributed by atoms with van der Waals surface area (Å²) in [6.45, 7) is 2.22. The number of hydrogen-bond donors (Lipinski definition) is 0. The molecule has 0 spiro atoms. The van der Waals surface area contributed by atoms with Crippen molar-refractivity contribution in [2.24, 2.45) is 0 Å². The maximum Gasteiger partial charge on any atom is 0.119 e. The van der Waals surface area contributed by atoms with Gasteiger partial charge in [0.15, 0.2) is 0 Å². The summed E-state index contributed by atoms with van der Waals surface area (Å²) in [7, 11) is 0. The fourth-order valence-corrected chi connectivity index (χ4v) is 1.63. The van der Waals surface area contributed by atoms with Crippen LogP contribution >= 0.6 is 11.6 Å². The molecule has 72 valence electrons. The van der Waals surface area contributed by atoms with Crippen LogP contribution in [0.3, 0.4) is 0 Å². The predicted molar refractivity (Wildman–Crippen MR) is 54.3 cm³/mol. The molecular weight excluding hydrogens is 200 g/mol. The molecule has 14 heavy (non-hydrogen) atoms. The van der Waals surface area contributed by atoms with Crippen molar-refractivity contribution in [3.05, 3.63) is 28.8 Å². The highest BCUT2D eigenvalue weighted by Gasteiger charge is 2.13. The smallest absolute Gasteiger partial charge is 0.119 e. The van der Waals surface area contributed by atoms with Crippen molar-refractivity contribution in [3.63, 3.8) is 0 Å². The first-order chi connectivity index (χ1) is 6.81. The van der Waals surface area contributed by atoms with Gasteiger partial charge in [-0.25, -0.2) is 0 Å². The second-order valence-corrected chi connectivity index (χ2v) is 3.48. The SMILES string of the molecule is N#Cc1ccc(N2CCOC2)cc1Cl. The highest BCUT2D eigenvalue weighted by molar-refractivity contribution is 6.32. The molecule has 3 nitrogen and oxygen atoms in total. The van der Waals surface area contributed by atoms with E-state index in [2.05, 4.69) is 4.90 Å². The van der Waals surface area contributed by atoms with Crippen LogP contribution in [0.25, 0.3) is 0 Å². The Balaban J connectivity index is 2.28. The van der Waals surface area contributed by atoms with Gasteiger partial charge in [-0.3, -0.25) is 0 Å². The highest BCUT2D eigenvalue weighted by Crippen LogP contribution is 2.24. The molecule has 1 aromatic carbocycles. The van der Waals surface area contributed by atoms with Crippen molar-refractivity contribution in [2.75, 3.05) is 24.8 Å². The number of rotatable bonds is 1. The molecule has 0 atom stereocenters. The van der Waals surface area contributed by atoms with Crippen molar-refractivity contribution < 1.29 is 4.74 Å². The molecule has 0 amide bonds. The van der Waals surface area contributed by atoms with Crippen LogP contribution in [0, 0.1) is 11.3 Å². The zero-order valence-electron chi connectivity index (χ0n) is 7.53. The fourth-order valence-electron chi connectivity index (χ4n) is 1.41. The van der Waals surface area contributed by atoms with E-state index in [0.29, 0.717) is 17.3 Å². The van der Waals surface area contributed by atoms with Crippen LogP contribution in [0.2, 0.25) is 5.02 Å². The van der Waals surface area contributed by atoms with Crippen LogP contribution in [0.1, 0.15) is 5.56 Å². The van der Waals surface area contributed by atoms with E-state index >= 15 is 0 Å². The molecule has 1 aliphatic rings. The molecule has 0 N–H and O–H groups in total. The summed E-state index contributed by atoms with van der Waals surface area (Å²) in [4.78, 5) is 2.08. The number of hydrogen-bond acceptors (Lipinski definition) is 3. The number of nitrogens with zero attached hydrogens (tertiary/aromatic N) is 2. The van der Waals surface area contributed by atoms with E-state index in [-0.39, 0.29) is 0 Å². The Kier molecular flexibility index (Phi) is 2.58. The molecule has 1 fully saturated rings. The first-order valence-electron chi connectivity index (χ1n) is 4.33. The number of halogens is 1. The van der Waals surface area contributed by atoms with Gasteiger partial charge >= 0.3 is 0 Å². The Hall–Kier alpha value is -1.24. The molecule has 1 aromatic rings. The van der Waals surface area contributed by atoms with Gasteiger partial charge in [-0.2, -0.15) is 5.26 Å². The van der Waals surface area contributed by atoms with E-state index in [1.165, 1.54) is 0 Å². The topological polar surface area (TPSA) is 36.3 Å². The van der Waals surface area contributed by atoms with Crippen molar-refractivity contribution >= 4 is 17.3 Å². The zero-order valence-corrected chi connectivity index (χ0v) is 8.29. The van der Waals surface area contributed by atoms with E-state index in [1.807, 2.05) is 12.1 Å². The predicted octanol–water partition coefficient (Wildman–Crippen LogP) is 2.01. The monoisotopic (exact) mass is 208 g/mol. The quantitative estimate of drug-likeness (QED) is 0.709. The number of nitriles is 1. The zero-order chi connectivity index (χ0) is 9.97. The molecule has 1 heterocycles. The number of ether oxygens (including phenoxy) is 1. The van der Waals surface area contributed by atoms with Gasteiger partial charge in [0, 0.05) is 12.2 Å². The molecule has 4 heteroatoms. The first-order valence-corrected chi connectivity index (χ1v) is 4.71. The molecule has 0 bridgehead atoms. The largest absolute Gasteiger partial charge is 0.359 e. The van der Waals surface area contributed by atoms with Gasteiger partial charge < -0.3 is 9.64 Å². The molecule has 0 aliphatic carbocycles. The lowest BCUT2D eigenvalue weighted by Crippen LogP contribution is -2.18. The van der Waals surface area contributed by atoms with E-state index in [0.717, 1.165) is 18.8 Å². The lowest BCUT2D eigenvalue weighted by molar-refractivity contribution is 0.201. The van der Waals surface area contributed by atoms with Crippen LogP contribution in [0.5, 0.6) is 0 Å². The van der Waals surface area contributed by atoms with Crippen molar-refractivity contribution in [1.82, 2.24) is 0 Å². The third-order valence-corrected chi connectivity index (χ3v) is 2.50. The first kappa shape index (κ1) is 9.32. The average Bonchev–Trinajstić information content (AvgIpc) is 2.70. The Morgan fingerprint density at radius 3 is 2.93 bits per heavy atom. The molecule has 2 rings (SSSR count). The summed E-state index contributed by atoms with van der Waals surface area (Å²) in [5.74, 6) is 0. The molecule has 0 aromatic heterocycles. The van der Waals surface area contributed by atoms with Crippen LogP contribution in [-0.4, -0.2) is 19.9 Å². The van der Waals surface area contributed by atoms with Gasteiger partial charge in [-0.1, -0.05) is 11.6 Å². The van der Waals surface area contributed by atoms with Crippen LogP contribution in [0.15, 0.2) is 18.2 Å². The maximum absolute atomic E-state index is 8.70. The lowest BCUT2D eigenvalue weighted by Gasteiger charge is -2.15. The molecule has 0 saturated carbocycles. The normalized spacial score (nSPS) is 15.6. The number of anilines is 1. The van der Waals surface area contributed by atoms with Gasteiger partial charge in [0.2, 0.25) is 0 Å². The Bertz CT molecular complexity index is 380. The van der Waals surface area contributed by atoms with Gasteiger partial charge in [0.1, 0.15) is 12.8 Å². The minimum absolute atomic E-state index is 0.497. The highest BCUT2D eigenvalue weighted by atomic mass is 35.5. The van der Waals surface area contributed by atoms with Gasteiger partial charge in [0.05, 0.1) is 17.2 Å². The van der Waals surface area contributed by atoms with Crippen LogP contribution in [0.4, 0.5) is 5.69 Å². The average molecular weight is 209 g/mol. The fraction of sp³-hybridized carbons (Fsp3) is 0.300. The molecule has 0 unspecified atom stereocenters. The maximum atomic E-state index is 8.70. The summed E-state index contributed by atoms with van der Waals surface area (Å²) >= 11 is 5.92. The van der Waals surface area contributed by atoms with Crippen molar-refractivity contribution in [1.29, 1.82) is 5.26 Å².